The molecule has 5 rings (SSSR count). The van der Waals surface area contributed by atoms with E-state index in [4.69, 9.17) is 0 Å². The van der Waals surface area contributed by atoms with Gasteiger partial charge in [0.25, 0.3) is 11.8 Å². The number of hydrogen-bond acceptors (Lipinski definition) is 9. The van der Waals surface area contributed by atoms with Gasteiger partial charge in [0.1, 0.15) is 10.9 Å². The molecule has 0 bridgehead atoms. The van der Waals surface area contributed by atoms with Crippen LogP contribution in [0.2, 0.25) is 0 Å². The minimum atomic E-state index is -0.545. The average molecular weight is 658 g/mol. The van der Waals surface area contributed by atoms with Gasteiger partial charge in [-0.15, -0.1) is 23.1 Å². The number of carbonyl (C=O) groups excluding carboxylic acids is 3. The molecule has 0 spiro atoms. The third kappa shape index (κ3) is 8.66. The highest BCUT2D eigenvalue weighted by Gasteiger charge is 2.24. The maximum absolute atomic E-state index is 13.4. The van der Waals surface area contributed by atoms with Crippen molar-refractivity contribution in [2.45, 2.75) is 22.2 Å². The summed E-state index contributed by atoms with van der Waals surface area (Å²) in [6.07, 6.45) is 1.65. The van der Waals surface area contributed by atoms with Crippen LogP contribution < -0.4 is 16.0 Å². The van der Waals surface area contributed by atoms with Crippen LogP contribution in [0.1, 0.15) is 33.0 Å². The van der Waals surface area contributed by atoms with Crippen molar-refractivity contribution >= 4 is 81.0 Å². The van der Waals surface area contributed by atoms with Gasteiger partial charge in [-0.05, 0) is 65.2 Å². The number of amides is 3. The van der Waals surface area contributed by atoms with Crippen molar-refractivity contribution < 1.29 is 14.4 Å². The number of aromatic nitrogens is 2. The number of thiophene rings is 1. The Balaban J connectivity index is 1.29. The first-order chi connectivity index (χ1) is 21.5. The molecule has 0 saturated carbocycles. The Kier molecular flexibility index (Phi) is 11.0. The molecular weight excluding hydrogens is 631 g/mol. The van der Waals surface area contributed by atoms with E-state index in [0.29, 0.717) is 21.5 Å². The Morgan fingerprint density at radius 2 is 1.61 bits per heavy atom. The molecule has 0 aliphatic carbocycles. The fraction of sp³-hybridized carbons (Fsp3) is 0.0938. The van der Waals surface area contributed by atoms with Crippen molar-refractivity contribution in [1.29, 1.82) is 0 Å². The third-order valence-corrected chi connectivity index (χ3v) is 9.54. The fourth-order valence-corrected chi connectivity index (χ4v) is 6.88. The maximum atomic E-state index is 13.4. The summed E-state index contributed by atoms with van der Waals surface area (Å²) in [7, 11) is 0. The van der Waals surface area contributed by atoms with E-state index in [1.54, 1.807) is 42.5 Å². The summed E-state index contributed by atoms with van der Waals surface area (Å²) in [6, 6.07) is 29.2. The van der Waals surface area contributed by atoms with Crippen LogP contribution in [0.15, 0.2) is 118 Å². The van der Waals surface area contributed by atoms with Gasteiger partial charge in [-0.25, -0.2) is 0 Å². The lowest BCUT2D eigenvalue weighted by Gasteiger charge is -2.16. The van der Waals surface area contributed by atoms with E-state index in [-0.39, 0.29) is 17.5 Å². The lowest BCUT2D eigenvalue weighted by molar-refractivity contribution is -0.116. The lowest BCUT2D eigenvalue weighted by atomic mass is 10.1. The summed E-state index contributed by atoms with van der Waals surface area (Å²) in [6.45, 7) is 2.02. The first kappa shape index (κ1) is 31.2. The van der Waals surface area contributed by atoms with Crippen molar-refractivity contribution in [2.24, 2.45) is 0 Å². The fourth-order valence-electron chi connectivity index (χ4n) is 3.93. The summed E-state index contributed by atoms with van der Waals surface area (Å²) in [5.41, 5.74) is 1.96. The van der Waals surface area contributed by atoms with Gasteiger partial charge in [0.2, 0.25) is 16.2 Å². The zero-order valence-corrected chi connectivity index (χ0v) is 26.7. The second-order valence-electron chi connectivity index (χ2n) is 9.09. The topological polar surface area (TPSA) is 113 Å². The molecule has 3 amide bonds. The van der Waals surface area contributed by atoms with Gasteiger partial charge in [0.15, 0.2) is 0 Å². The Labute approximate surface area is 271 Å². The number of nitrogens with zero attached hydrogens (tertiary/aromatic N) is 2. The highest BCUT2D eigenvalue weighted by atomic mass is 32.2. The van der Waals surface area contributed by atoms with Gasteiger partial charge in [-0.1, -0.05) is 73.3 Å². The van der Waals surface area contributed by atoms with Crippen LogP contribution in [0.4, 0.5) is 10.8 Å². The summed E-state index contributed by atoms with van der Waals surface area (Å²) in [4.78, 5) is 45.6. The van der Waals surface area contributed by atoms with E-state index < -0.39 is 11.2 Å². The number of benzene rings is 3. The van der Waals surface area contributed by atoms with E-state index in [2.05, 4.69) is 25.3 Å². The maximum Gasteiger partial charge on any atom is 0.272 e. The molecule has 2 heterocycles. The van der Waals surface area contributed by atoms with Gasteiger partial charge in [-0.2, -0.15) is 9.36 Å². The first-order valence-electron chi connectivity index (χ1n) is 13.5. The summed E-state index contributed by atoms with van der Waals surface area (Å²) >= 11 is 5.52. The second kappa shape index (κ2) is 15.5. The molecule has 0 radical (unpaired) electrons. The Bertz CT molecular complexity index is 1720. The number of thioether (sulfide) groups is 2. The van der Waals surface area contributed by atoms with E-state index in [0.717, 1.165) is 32.6 Å². The molecule has 3 N–H and O–H groups in total. The van der Waals surface area contributed by atoms with Gasteiger partial charge >= 0.3 is 0 Å². The van der Waals surface area contributed by atoms with Crippen molar-refractivity contribution in [3.63, 3.8) is 0 Å². The number of anilines is 2. The molecule has 1 unspecified atom stereocenters. The second-order valence-corrected chi connectivity index (χ2v) is 13.2. The third-order valence-electron chi connectivity index (χ3n) is 5.98. The smallest absolute Gasteiger partial charge is 0.272 e. The normalized spacial score (nSPS) is 11.9. The minimum absolute atomic E-state index is 0.123. The van der Waals surface area contributed by atoms with Crippen LogP contribution in [0.5, 0.6) is 0 Å². The van der Waals surface area contributed by atoms with E-state index >= 15 is 0 Å². The Morgan fingerprint density at radius 3 is 2.30 bits per heavy atom. The number of carbonyl (C=O) groups is 3. The van der Waals surface area contributed by atoms with Crippen LogP contribution >= 0.6 is 46.4 Å². The number of rotatable bonds is 12. The zero-order chi connectivity index (χ0) is 30.7. The van der Waals surface area contributed by atoms with Gasteiger partial charge in [0.05, 0.1) is 0 Å². The molecule has 0 aliphatic rings. The molecule has 1 atom stereocenters. The van der Waals surface area contributed by atoms with E-state index in [1.807, 2.05) is 73.0 Å². The molecule has 12 heteroatoms. The number of hydrogen-bond donors (Lipinski definition) is 3. The molecular formula is C32H27N5O3S4. The highest BCUT2D eigenvalue weighted by molar-refractivity contribution is 8.00. The molecule has 44 heavy (non-hydrogen) atoms. The largest absolute Gasteiger partial charge is 0.321 e. The summed E-state index contributed by atoms with van der Waals surface area (Å²) in [5, 5.41) is 11.0. The van der Waals surface area contributed by atoms with Gasteiger partial charge in [-0.3, -0.25) is 19.7 Å². The van der Waals surface area contributed by atoms with Crippen molar-refractivity contribution in [1.82, 2.24) is 14.7 Å². The predicted octanol–water partition coefficient (Wildman–Crippen LogP) is 7.59. The standard InChI is InChI=1S/C32H27N5O3S4/c1-2-41-32-36-31(44-37-32)35-30(40)27(21-10-5-3-6-11-21)43-24-17-15-23(16-18-24)33-29(39)26(20-25-14-9-19-42-25)34-28(38)22-12-7-4-8-13-22/h3-20,27H,2H2,1H3,(H,33,39)(H,34,38)(H,35,36,37,40)/b26-20-. The molecule has 0 aliphatic heterocycles. The molecule has 8 nitrogen and oxygen atoms in total. The minimum Gasteiger partial charge on any atom is -0.321 e. The molecule has 0 saturated heterocycles. The quantitative estimate of drug-likeness (QED) is 0.0936. The lowest BCUT2D eigenvalue weighted by Crippen LogP contribution is -2.30. The Morgan fingerprint density at radius 1 is 0.886 bits per heavy atom. The SMILES string of the molecule is CCSc1nsc(NC(=O)C(Sc2ccc(NC(=O)/C(=C/c3cccs3)NC(=O)c3ccccc3)cc2)c2ccccc2)n1. The van der Waals surface area contributed by atoms with Crippen molar-refractivity contribution in [3.8, 4) is 0 Å². The van der Waals surface area contributed by atoms with Crippen molar-refractivity contribution in [3.05, 3.63) is 124 Å². The molecule has 0 fully saturated rings. The molecule has 3 aromatic carbocycles. The zero-order valence-electron chi connectivity index (χ0n) is 23.4. The van der Waals surface area contributed by atoms with Crippen LogP contribution in [0, 0.1) is 0 Å². The van der Waals surface area contributed by atoms with Gasteiger partial charge < -0.3 is 10.6 Å². The average Bonchev–Trinajstić information content (AvgIpc) is 3.73. The Hall–Kier alpha value is -4.23. The number of nitrogens with one attached hydrogen (secondary N) is 3. The monoisotopic (exact) mass is 657 g/mol. The predicted molar refractivity (Wildman–Crippen MR) is 181 cm³/mol. The molecule has 2 aromatic heterocycles. The summed E-state index contributed by atoms with van der Waals surface area (Å²) in [5.74, 6) is -0.200. The van der Waals surface area contributed by atoms with Crippen LogP contribution in [0.25, 0.3) is 6.08 Å². The van der Waals surface area contributed by atoms with Crippen molar-refractivity contribution in [2.75, 3.05) is 16.4 Å². The highest BCUT2D eigenvalue weighted by Crippen LogP contribution is 2.37. The molecule has 5 aromatic rings. The van der Waals surface area contributed by atoms with Crippen LogP contribution in [0.3, 0.4) is 0 Å². The first-order valence-corrected chi connectivity index (χ1v) is 17.0. The summed E-state index contributed by atoms with van der Waals surface area (Å²) < 4.78 is 4.28. The molecule has 222 valence electrons. The van der Waals surface area contributed by atoms with Gasteiger partial charge in [0, 0.05) is 32.6 Å². The van der Waals surface area contributed by atoms with E-state index in [1.165, 1.54) is 34.9 Å². The van der Waals surface area contributed by atoms with E-state index in [9.17, 15) is 14.4 Å². The van der Waals surface area contributed by atoms with Crippen LogP contribution in [-0.4, -0.2) is 32.8 Å². The van der Waals surface area contributed by atoms with Crippen LogP contribution in [-0.2, 0) is 9.59 Å².